The fourth-order valence-corrected chi connectivity index (χ4v) is 2.84. The Morgan fingerprint density at radius 2 is 1.93 bits per heavy atom. The van der Waals surface area contributed by atoms with E-state index in [4.69, 9.17) is 4.74 Å². The normalized spacial score (nSPS) is 11.1. The molecule has 0 amide bonds. The van der Waals surface area contributed by atoms with Crippen LogP contribution in [0.2, 0.25) is 0 Å². The fraction of sp³-hybridized carbons (Fsp3) is 0.190. The average molecular weight is 398 g/mol. The number of halogens is 2. The number of rotatable bonds is 6. The minimum absolute atomic E-state index is 0.0951. The van der Waals surface area contributed by atoms with Gasteiger partial charge in [-0.3, -0.25) is 9.79 Å². The van der Waals surface area contributed by atoms with Crippen LogP contribution < -0.4 is 15.6 Å². The molecule has 1 N–H and O–H groups in total. The minimum atomic E-state index is -0.678. The number of methoxy groups -OCH3 is 1. The van der Waals surface area contributed by atoms with Crippen LogP contribution in [0.4, 0.5) is 20.4 Å². The molecule has 1 heterocycles. The lowest BCUT2D eigenvalue weighted by atomic mass is 10.2. The standard InChI is InChI=1S/C21H20F2N4O2/c1-13-4-5-18(29-3)9-19(13)25-21-26-20(28)15(10-24-2)12-27(21)11-14-6-16(22)8-17(23)7-14/h4-10,12H,11H2,1-3H3,(H,25,26,28). The molecule has 0 radical (unpaired) electrons. The van der Waals surface area contributed by atoms with Crippen molar-refractivity contribution >= 4 is 17.9 Å². The highest BCUT2D eigenvalue weighted by Gasteiger charge is 2.11. The van der Waals surface area contributed by atoms with Gasteiger partial charge in [-0.1, -0.05) is 6.07 Å². The van der Waals surface area contributed by atoms with Crippen LogP contribution >= 0.6 is 0 Å². The summed E-state index contributed by atoms with van der Waals surface area (Å²) in [5.41, 5.74) is 1.77. The number of anilines is 2. The van der Waals surface area contributed by atoms with Crippen molar-refractivity contribution in [3.8, 4) is 5.75 Å². The summed E-state index contributed by atoms with van der Waals surface area (Å²) in [4.78, 5) is 20.3. The monoisotopic (exact) mass is 398 g/mol. The van der Waals surface area contributed by atoms with Gasteiger partial charge in [0.25, 0.3) is 5.56 Å². The van der Waals surface area contributed by atoms with E-state index in [-0.39, 0.29) is 18.1 Å². The minimum Gasteiger partial charge on any atom is -0.497 e. The highest BCUT2D eigenvalue weighted by atomic mass is 19.1. The molecule has 1 aromatic heterocycles. The summed E-state index contributed by atoms with van der Waals surface area (Å²) >= 11 is 0. The first kappa shape index (κ1) is 20.2. The van der Waals surface area contributed by atoms with Gasteiger partial charge in [0.15, 0.2) is 0 Å². The van der Waals surface area contributed by atoms with Gasteiger partial charge in [-0.05, 0) is 36.2 Å². The molecule has 0 aliphatic rings. The largest absolute Gasteiger partial charge is 0.497 e. The summed E-state index contributed by atoms with van der Waals surface area (Å²) in [7, 11) is 3.09. The molecular weight excluding hydrogens is 378 g/mol. The van der Waals surface area contributed by atoms with Gasteiger partial charge in [0.05, 0.1) is 19.2 Å². The van der Waals surface area contributed by atoms with E-state index >= 15 is 0 Å². The van der Waals surface area contributed by atoms with E-state index in [1.807, 2.05) is 19.1 Å². The number of nitrogens with zero attached hydrogens (tertiary/aromatic N) is 3. The summed E-state index contributed by atoms with van der Waals surface area (Å²) < 4.78 is 34.1. The van der Waals surface area contributed by atoms with Crippen LogP contribution in [0.15, 0.2) is 52.4 Å². The van der Waals surface area contributed by atoms with E-state index in [1.54, 1.807) is 23.9 Å². The summed E-state index contributed by atoms with van der Waals surface area (Å²) in [6.45, 7) is 1.99. The number of aromatic nitrogens is 2. The third kappa shape index (κ3) is 4.84. The zero-order chi connectivity index (χ0) is 21.0. The van der Waals surface area contributed by atoms with Gasteiger partial charge in [0.2, 0.25) is 5.95 Å². The molecule has 3 rings (SSSR count). The number of ether oxygens (including phenoxy) is 1. The van der Waals surface area contributed by atoms with Crippen LogP contribution in [-0.2, 0) is 6.54 Å². The number of hydrogen-bond donors (Lipinski definition) is 1. The van der Waals surface area contributed by atoms with Crippen LogP contribution in [-0.4, -0.2) is 29.9 Å². The summed E-state index contributed by atoms with van der Waals surface area (Å²) in [5.74, 6) is -0.497. The highest BCUT2D eigenvalue weighted by Crippen LogP contribution is 2.25. The Labute approximate surface area is 166 Å². The number of aryl methyl sites for hydroxylation is 1. The Morgan fingerprint density at radius 3 is 2.59 bits per heavy atom. The van der Waals surface area contributed by atoms with Crippen molar-refractivity contribution in [1.82, 2.24) is 9.55 Å². The second-order valence-electron chi connectivity index (χ2n) is 6.42. The van der Waals surface area contributed by atoms with Crippen molar-refractivity contribution in [3.63, 3.8) is 0 Å². The third-order valence-electron chi connectivity index (χ3n) is 4.26. The molecule has 0 aliphatic heterocycles. The van der Waals surface area contributed by atoms with Crippen LogP contribution in [0.5, 0.6) is 5.75 Å². The molecule has 8 heteroatoms. The lowest BCUT2D eigenvalue weighted by Crippen LogP contribution is -2.21. The Balaban J connectivity index is 2.08. The maximum atomic E-state index is 13.6. The lowest BCUT2D eigenvalue weighted by Gasteiger charge is -2.16. The van der Waals surface area contributed by atoms with Crippen molar-refractivity contribution < 1.29 is 13.5 Å². The van der Waals surface area contributed by atoms with Gasteiger partial charge in [0.1, 0.15) is 17.4 Å². The second-order valence-corrected chi connectivity index (χ2v) is 6.42. The zero-order valence-corrected chi connectivity index (χ0v) is 16.2. The Bertz CT molecular complexity index is 1110. The van der Waals surface area contributed by atoms with Gasteiger partial charge in [0, 0.05) is 37.3 Å². The Kier molecular flexibility index (Phi) is 6.01. The van der Waals surface area contributed by atoms with E-state index in [9.17, 15) is 13.6 Å². The maximum Gasteiger partial charge on any atom is 0.283 e. The molecule has 0 saturated heterocycles. The van der Waals surface area contributed by atoms with Gasteiger partial charge in [-0.2, -0.15) is 4.98 Å². The van der Waals surface area contributed by atoms with Gasteiger partial charge in [-0.15, -0.1) is 0 Å². The molecule has 3 aromatic rings. The van der Waals surface area contributed by atoms with Gasteiger partial charge >= 0.3 is 0 Å². The molecule has 29 heavy (non-hydrogen) atoms. The lowest BCUT2D eigenvalue weighted by molar-refractivity contribution is 0.415. The zero-order valence-electron chi connectivity index (χ0n) is 16.2. The Hall–Kier alpha value is -3.55. The number of aliphatic imine (C=N–C) groups is 1. The molecule has 0 aliphatic carbocycles. The maximum absolute atomic E-state index is 13.6. The SMILES string of the molecule is CN=Cc1cn(Cc2cc(F)cc(F)c2)c(Nc2cc(OC)ccc2C)nc1=O. The van der Waals surface area contributed by atoms with Crippen LogP contribution in [0.1, 0.15) is 16.7 Å². The van der Waals surface area contributed by atoms with E-state index in [1.165, 1.54) is 25.4 Å². The molecular formula is C21H20F2N4O2. The van der Waals surface area contributed by atoms with Crippen molar-refractivity contribution in [2.45, 2.75) is 13.5 Å². The quantitative estimate of drug-likeness (QED) is 0.643. The molecule has 0 bridgehead atoms. The van der Waals surface area contributed by atoms with Gasteiger partial charge in [-0.25, -0.2) is 8.78 Å². The smallest absolute Gasteiger partial charge is 0.283 e. The molecule has 0 unspecified atom stereocenters. The molecule has 0 saturated carbocycles. The fourth-order valence-electron chi connectivity index (χ4n) is 2.84. The van der Waals surface area contributed by atoms with E-state index in [0.717, 1.165) is 11.6 Å². The first-order valence-electron chi connectivity index (χ1n) is 8.80. The number of nitrogens with one attached hydrogen (secondary N) is 1. The molecule has 6 nitrogen and oxygen atoms in total. The average Bonchev–Trinajstić information content (AvgIpc) is 2.66. The van der Waals surface area contributed by atoms with Crippen LogP contribution in [0, 0.1) is 18.6 Å². The number of benzene rings is 2. The predicted molar refractivity (Wildman–Crippen MR) is 108 cm³/mol. The molecule has 150 valence electrons. The van der Waals surface area contributed by atoms with Crippen molar-refractivity contribution in [2.75, 3.05) is 19.5 Å². The van der Waals surface area contributed by atoms with Crippen molar-refractivity contribution in [2.24, 2.45) is 4.99 Å². The molecule has 0 atom stereocenters. The first-order chi connectivity index (χ1) is 13.9. The summed E-state index contributed by atoms with van der Waals surface area (Å²) in [5, 5.41) is 3.12. The predicted octanol–water partition coefficient (Wildman–Crippen LogP) is 3.68. The third-order valence-corrected chi connectivity index (χ3v) is 4.26. The first-order valence-corrected chi connectivity index (χ1v) is 8.80. The number of hydrogen-bond acceptors (Lipinski definition) is 5. The van der Waals surface area contributed by atoms with E-state index in [2.05, 4.69) is 15.3 Å². The van der Waals surface area contributed by atoms with E-state index in [0.29, 0.717) is 17.0 Å². The van der Waals surface area contributed by atoms with Gasteiger partial charge < -0.3 is 14.6 Å². The van der Waals surface area contributed by atoms with Crippen molar-refractivity contribution in [3.05, 3.63) is 81.3 Å². The topological polar surface area (TPSA) is 68.5 Å². The summed E-state index contributed by atoms with van der Waals surface area (Å²) in [6.07, 6.45) is 2.93. The Morgan fingerprint density at radius 1 is 1.21 bits per heavy atom. The van der Waals surface area contributed by atoms with Crippen LogP contribution in [0.3, 0.4) is 0 Å². The molecule has 0 spiro atoms. The second kappa shape index (κ2) is 8.64. The highest BCUT2D eigenvalue weighted by molar-refractivity contribution is 5.78. The van der Waals surface area contributed by atoms with Crippen LogP contribution in [0.25, 0.3) is 0 Å². The molecule has 0 fully saturated rings. The van der Waals surface area contributed by atoms with E-state index < -0.39 is 17.2 Å². The van der Waals surface area contributed by atoms with Crippen molar-refractivity contribution in [1.29, 1.82) is 0 Å². The molecule has 2 aromatic carbocycles. The summed E-state index contributed by atoms with van der Waals surface area (Å²) in [6, 6.07) is 8.72.